The van der Waals surface area contributed by atoms with E-state index in [9.17, 15) is 8.42 Å². The molecule has 2 aromatic carbocycles. The summed E-state index contributed by atoms with van der Waals surface area (Å²) in [5.41, 5.74) is 1.84. The summed E-state index contributed by atoms with van der Waals surface area (Å²) < 4.78 is 39.7. The van der Waals surface area contributed by atoms with Gasteiger partial charge in [-0.3, -0.25) is 0 Å². The van der Waals surface area contributed by atoms with Gasteiger partial charge in [0.1, 0.15) is 11.5 Å². The molecule has 0 aliphatic carbocycles. The highest BCUT2D eigenvalue weighted by Crippen LogP contribution is 2.28. The number of hydrogen-bond donors (Lipinski definition) is 0. The number of sulfonamides is 1. The fraction of sp³-hybridized carbons (Fsp3) is 0.440. The van der Waals surface area contributed by atoms with E-state index in [1.54, 1.807) is 24.6 Å². The Morgan fingerprint density at radius 3 is 1.74 bits per heavy atom. The van der Waals surface area contributed by atoms with Gasteiger partial charge in [-0.05, 0) is 54.2 Å². The predicted octanol–water partition coefficient (Wildman–Crippen LogP) is 5.42. The standard InChI is InChI=1S/C25H35NO4S/c1-6-8-20(3)25(9-7-2)31(27,28)26(18-21-10-14-23(29-4)15-11-21)19-22-12-16-24(30-5)17-13-22/h6,10-17,20,25H,1,7-9,18-19H2,2-5H3/t20-,25-/m1/s1. The van der Waals surface area contributed by atoms with Crippen molar-refractivity contribution in [1.29, 1.82) is 0 Å². The van der Waals surface area contributed by atoms with E-state index < -0.39 is 15.3 Å². The van der Waals surface area contributed by atoms with Crippen LogP contribution in [0, 0.1) is 5.92 Å². The topological polar surface area (TPSA) is 55.8 Å². The highest BCUT2D eigenvalue weighted by Gasteiger charge is 2.35. The molecule has 0 saturated heterocycles. The maximum Gasteiger partial charge on any atom is 0.217 e. The zero-order chi connectivity index (χ0) is 22.9. The van der Waals surface area contributed by atoms with Gasteiger partial charge in [-0.1, -0.05) is 50.6 Å². The summed E-state index contributed by atoms with van der Waals surface area (Å²) in [6.07, 6.45) is 3.91. The van der Waals surface area contributed by atoms with Gasteiger partial charge < -0.3 is 9.47 Å². The van der Waals surface area contributed by atoms with Crippen LogP contribution >= 0.6 is 0 Å². The number of nitrogens with zero attached hydrogens (tertiary/aromatic N) is 1. The van der Waals surface area contributed by atoms with Crippen molar-refractivity contribution in [3.05, 3.63) is 72.3 Å². The first-order valence-corrected chi connectivity index (χ1v) is 12.2. The Morgan fingerprint density at radius 2 is 1.39 bits per heavy atom. The molecule has 5 nitrogen and oxygen atoms in total. The van der Waals surface area contributed by atoms with Crippen LogP contribution in [-0.4, -0.2) is 32.2 Å². The molecule has 0 fully saturated rings. The van der Waals surface area contributed by atoms with Gasteiger partial charge in [0.25, 0.3) is 0 Å². The van der Waals surface area contributed by atoms with E-state index in [1.807, 2.05) is 62.4 Å². The molecule has 0 saturated carbocycles. The van der Waals surface area contributed by atoms with Crippen molar-refractivity contribution in [2.75, 3.05) is 14.2 Å². The van der Waals surface area contributed by atoms with Gasteiger partial charge in [0, 0.05) is 13.1 Å². The van der Waals surface area contributed by atoms with Crippen molar-refractivity contribution < 1.29 is 17.9 Å². The van der Waals surface area contributed by atoms with Crippen molar-refractivity contribution in [2.45, 2.75) is 51.4 Å². The molecule has 0 bridgehead atoms. The Balaban J connectivity index is 2.39. The zero-order valence-electron chi connectivity index (χ0n) is 19.1. The molecular weight excluding hydrogens is 410 g/mol. The van der Waals surface area contributed by atoms with Crippen LogP contribution in [0.5, 0.6) is 11.5 Å². The molecule has 2 atom stereocenters. The molecule has 0 amide bonds. The quantitative estimate of drug-likeness (QED) is 0.387. The van der Waals surface area contributed by atoms with Crippen LogP contribution in [0.4, 0.5) is 0 Å². The zero-order valence-corrected chi connectivity index (χ0v) is 19.9. The molecular formula is C25H35NO4S. The lowest BCUT2D eigenvalue weighted by Crippen LogP contribution is -2.41. The van der Waals surface area contributed by atoms with E-state index in [-0.39, 0.29) is 5.92 Å². The number of hydrogen-bond acceptors (Lipinski definition) is 4. The van der Waals surface area contributed by atoms with Gasteiger partial charge in [-0.25, -0.2) is 8.42 Å². The van der Waals surface area contributed by atoms with Gasteiger partial charge in [0.15, 0.2) is 0 Å². The van der Waals surface area contributed by atoms with Gasteiger partial charge in [-0.2, -0.15) is 4.31 Å². The van der Waals surface area contributed by atoms with Crippen molar-refractivity contribution >= 4 is 10.0 Å². The molecule has 31 heavy (non-hydrogen) atoms. The summed E-state index contributed by atoms with van der Waals surface area (Å²) in [5.74, 6) is 1.49. The molecule has 0 unspecified atom stereocenters. The number of rotatable bonds is 13. The second kappa shape index (κ2) is 11.9. The maximum atomic E-state index is 13.8. The molecule has 0 aliphatic heterocycles. The molecule has 6 heteroatoms. The van der Waals surface area contributed by atoms with E-state index in [0.29, 0.717) is 25.9 Å². The van der Waals surface area contributed by atoms with Crippen molar-refractivity contribution in [2.24, 2.45) is 5.92 Å². The van der Waals surface area contributed by atoms with Crippen LogP contribution in [0.1, 0.15) is 44.2 Å². The lowest BCUT2D eigenvalue weighted by Gasteiger charge is -2.31. The molecule has 0 spiro atoms. The Kier molecular flexibility index (Phi) is 9.59. The minimum absolute atomic E-state index is 0.00307. The van der Waals surface area contributed by atoms with Gasteiger partial charge >= 0.3 is 0 Å². The monoisotopic (exact) mass is 445 g/mol. The summed E-state index contributed by atoms with van der Waals surface area (Å²) in [6.45, 7) is 8.44. The van der Waals surface area contributed by atoms with E-state index in [1.165, 1.54) is 0 Å². The summed E-state index contributed by atoms with van der Waals surface area (Å²) in [4.78, 5) is 0. The Morgan fingerprint density at radius 1 is 0.935 bits per heavy atom. The normalized spacial score (nSPS) is 13.6. The first-order valence-electron chi connectivity index (χ1n) is 10.7. The minimum Gasteiger partial charge on any atom is -0.497 e. The predicted molar refractivity (Wildman–Crippen MR) is 127 cm³/mol. The third-order valence-corrected chi connectivity index (χ3v) is 7.97. The molecule has 0 heterocycles. The number of methoxy groups -OCH3 is 2. The lowest BCUT2D eigenvalue weighted by atomic mass is 10.0. The van der Waals surface area contributed by atoms with Crippen LogP contribution in [0.3, 0.4) is 0 Å². The van der Waals surface area contributed by atoms with Crippen LogP contribution < -0.4 is 9.47 Å². The lowest BCUT2D eigenvalue weighted by molar-refractivity contribution is 0.373. The average molecular weight is 446 g/mol. The van der Waals surface area contributed by atoms with Crippen LogP contribution in [-0.2, 0) is 23.1 Å². The largest absolute Gasteiger partial charge is 0.497 e. The third kappa shape index (κ3) is 6.84. The first kappa shape index (κ1) is 25.0. The maximum absolute atomic E-state index is 13.8. The van der Waals surface area contributed by atoms with Crippen LogP contribution in [0.15, 0.2) is 61.2 Å². The van der Waals surface area contributed by atoms with Crippen molar-refractivity contribution in [1.82, 2.24) is 4.31 Å². The van der Waals surface area contributed by atoms with Gasteiger partial charge in [0.05, 0.1) is 19.5 Å². The van der Waals surface area contributed by atoms with E-state index in [0.717, 1.165) is 29.0 Å². The fourth-order valence-electron chi connectivity index (χ4n) is 3.72. The smallest absolute Gasteiger partial charge is 0.217 e. The summed E-state index contributed by atoms with van der Waals surface area (Å²) >= 11 is 0. The molecule has 0 radical (unpaired) electrons. The number of allylic oxidation sites excluding steroid dienone is 1. The number of ether oxygens (including phenoxy) is 2. The Labute approximate surface area is 187 Å². The second-order valence-corrected chi connectivity index (χ2v) is 9.99. The molecule has 0 aromatic heterocycles. The highest BCUT2D eigenvalue weighted by atomic mass is 32.2. The highest BCUT2D eigenvalue weighted by molar-refractivity contribution is 7.89. The SMILES string of the molecule is C=CC[C@@H](C)[C@@H](CCC)S(=O)(=O)N(Cc1ccc(OC)cc1)Cc1ccc(OC)cc1. The molecule has 0 aliphatic rings. The third-order valence-electron chi connectivity index (χ3n) is 5.52. The molecule has 170 valence electrons. The Hall–Kier alpha value is -2.31. The molecule has 0 N–H and O–H groups in total. The van der Waals surface area contributed by atoms with E-state index in [2.05, 4.69) is 6.58 Å². The minimum atomic E-state index is -3.55. The van der Waals surface area contributed by atoms with Crippen LogP contribution in [0.25, 0.3) is 0 Å². The molecule has 2 aromatic rings. The van der Waals surface area contributed by atoms with Crippen molar-refractivity contribution in [3.8, 4) is 11.5 Å². The van der Waals surface area contributed by atoms with E-state index >= 15 is 0 Å². The Bertz CT molecular complexity index is 858. The fourth-order valence-corrected chi connectivity index (χ4v) is 6.00. The van der Waals surface area contributed by atoms with Gasteiger partial charge in [-0.15, -0.1) is 6.58 Å². The second-order valence-electron chi connectivity index (χ2n) is 7.84. The summed E-state index contributed by atoms with van der Waals surface area (Å²) in [5, 5.41) is -0.452. The summed E-state index contributed by atoms with van der Waals surface area (Å²) in [7, 11) is -0.318. The van der Waals surface area contributed by atoms with Crippen molar-refractivity contribution in [3.63, 3.8) is 0 Å². The van der Waals surface area contributed by atoms with Gasteiger partial charge in [0.2, 0.25) is 10.0 Å². The van der Waals surface area contributed by atoms with E-state index in [4.69, 9.17) is 9.47 Å². The van der Waals surface area contributed by atoms with Crippen LogP contribution in [0.2, 0.25) is 0 Å². The summed E-state index contributed by atoms with van der Waals surface area (Å²) in [6, 6.07) is 15.1. The number of benzene rings is 2. The average Bonchev–Trinajstić information content (AvgIpc) is 2.78. The molecule has 2 rings (SSSR count). The first-order chi connectivity index (χ1) is 14.8.